The second-order valence-corrected chi connectivity index (χ2v) is 3.54. The minimum absolute atomic E-state index is 0.385. The highest BCUT2D eigenvalue weighted by atomic mass is 14.1. The average Bonchev–Trinajstić information content (AvgIpc) is 2.47. The molecule has 66 valence electrons. The summed E-state index contributed by atoms with van der Waals surface area (Å²) in [4.78, 5) is 0. The Morgan fingerprint density at radius 3 is 3.08 bits per heavy atom. The van der Waals surface area contributed by atoms with Crippen molar-refractivity contribution in [2.75, 3.05) is 0 Å². The summed E-state index contributed by atoms with van der Waals surface area (Å²) in [6.45, 7) is 0. The van der Waals surface area contributed by atoms with Crippen LogP contribution in [-0.4, -0.2) is 0 Å². The molecule has 0 radical (unpaired) electrons. The first-order chi connectivity index (χ1) is 6.47. The van der Waals surface area contributed by atoms with E-state index in [1.165, 1.54) is 31.3 Å². The van der Waals surface area contributed by atoms with Gasteiger partial charge in [0.05, 0.1) is 5.92 Å². The molecule has 0 saturated heterocycles. The third-order valence-electron chi connectivity index (χ3n) is 2.56. The number of rotatable bonds is 1. The van der Waals surface area contributed by atoms with Crippen LogP contribution in [0, 0.1) is 17.8 Å². The first kappa shape index (κ1) is 8.38. The van der Waals surface area contributed by atoms with Gasteiger partial charge in [0.2, 0.25) is 0 Å². The monoisotopic (exact) mass is 170 g/mol. The van der Waals surface area contributed by atoms with Gasteiger partial charge >= 0.3 is 0 Å². The Hall–Kier alpha value is -1.22. The molecule has 0 heteroatoms. The van der Waals surface area contributed by atoms with Gasteiger partial charge in [-0.1, -0.05) is 41.7 Å². The quantitative estimate of drug-likeness (QED) is 0.418. The van der Waals surface area contributed by atoms with E-state index in [0.717, 1.165) is 0 Å². The minimum Gasteiger partial charge on any atom is -0.0864 e. The first-order valence-electron chi connectivity index (χ1n) is 5.00. The summed E-state index contributed by atoms with van der Waals surface area (Å²) < 4.78 is 0. The summed E-state index contributed by atoms with van der Waals surface area (Å²) in [6.07, 6.45) is 15.8. The van der Waals surface area contributed by atoms with Crippen molar-refractivity contribution in [2.24, 2.45) is 5.92 Å². The van der Waals surface area contributed by atoms with Crippen LogP contribution < -0.4 is 0 Å². The predicted octanol–water partition coefficient (Wildman–Crippen LogP) is 3.23. The Bertz CT molecular complexity index is 318. The first-order valence-corrected chi connectivity index (χ1v) is 5.00. The molecule has 0 nitrogen and oxygen atoms in total. The Kier molecular flexibility index (Phi) is 2.67. The molecule has 0 aromatic carbocycles. The summed E-state index contributed by atoms with van der Waals surface area (Å²) >= 11 is 0. The lowest BCUT2D eigenvalue weighted by Crippen LogP contribution is -2.01. The fourth-order valence-electron chi connectivity index (χ4n) is 1.83. The van der Waals surface area contributed by atoms with Gasteiger partial charge in [0.15, 0.2) is 0 Å². The molecule has 1 unspecified atom stereocenters. The lowest BCUT2D eigenvalue weighted by Gasteiger charge is -2.15. The zero-order valence-electron chi connectivity index (χ0n) is 7.79. The summed E-state index contributed by atoms with van der Waals surface area (Å²) in [5.41, 5.74) is 1.53. The number of allylic oxidation sites excluding steroid dienone is 6. The van der Waals surface area contributed by atoms with E-state index in [9.17, 15) is 0 Å². The van der Waals surface area contributed by atoms with Crippen LogP contribution in [0.1, 0.15) is 25.7 Å². The predicted molar refractivity (Wildman–Crippen MR) is 56.1 cm³/mol. The van der Waals surface area contributed by atoms with Crippen molar-refractivity contribution in [1.29, 1.82) is 0 Å². The van der Waals surface area contributed by atoms with Gasteiger partial charge in [0, 0.05) is 0 Å². The van der Waals surface area contributed by atoms with E-state index >= 15 is 0 Å². The highest BCUT2D eigenvalue weighted by Gasteiger charge is 2.10. The Labute approximate surface area is 80.0 Å². The molecule has 0 fully saturated rings. The van der Waals surface area contributed by atoms with Crippen LogP contribution >= 0.6 is 0 Å². The molecule has 1 atom stereocenters. The minimum atomic E-state index is 0.385. The smallest absolute Gasteiger partial charge is 0.0599 e. The van der Waals surface area contributed by atoms with Crippen molar-refractivity contribution >= 4 is 0 Å². The molecule has 0 aliphatic heterocycles. The molecule has 0 aromatic heterocycles. The second kappa shape index (κ2) is 4.14. The van der Waals surface area contributed by atoms with E-state index in [4.69, 9.17) is 0 Å². The molecule has 13 heavy (non-hydrogen) atoms. The van der Waals surface area contributed by atoms with Crippen LogP contribution in [-0.2, 0) is 0 Å². The summed E-state index contributed by atoms with van der Waals surface area (Å²) in [5, 5.41) is 0. The largest absolute Gasteiger partial charge is 0.0864 e. The van der Waals surface area contributed by atoms with Gasteiger partial charge in [-0.3, -0.25) is 0 Å². The topological polar surface area (TPSA) is 0 Å². The van der Waals surface area contributed by atoms with Gasteiger partial charge in [-0.05, 0) is 31.8 Å². The Morgan fingerprint density at radius 2 is 2.23 bits per heavy atom. The van der Waals surface area contributed by atoms with E-state index in [1.807, 2.05) is 12.2 Å². The van der Waals surface area contributed by atoms with Gasteiger partial charge in [0.1, 0.15) is 0 Å². The lowest BCUT2D eigenvalue weighted by molar-refractivity contribution is 0.670. The van der Waals surface area contributed by atoms with E-state index in [1.54, 1.807) is 0 Å². The van der Waals surface area contributed by atoms with Crippen molar-refractivity contribution < 1.29 is 0 Å². The van der Waals surface area contributed by atoms with Gasteiger partial charge < -0.3 is 0 Å². The molecular formula is C13H14. The second-order valence-electron chi connectivity index (χ2n) is 3.54. The zero-order valence-corrected chi connectivity index (χ0v) is 7.79. The normalized spacial score (nSPS) is 25.8. The molecule has 2 rings (SSSR count). The van der Waals surface area contributed by atoms with Crippen LogP contribution in [0.25, 0.3) is 0 Å². The van der Waals surface area contributed by atoms with Crippen LogP contribution in [0.2, 0.25) is 0 Å². The fraction of sp³-hybridized carbons (Fsp3) is 0.385. The fourth-order valence-corrected chi connectivity index (χ4v) is 1.83. The van der Waals surface area contributed by atoms with Crippen LogP contribution in [0.5, 0.6) is 0 Å². The van der Waals surface area contributed by atoms with E-state index in [2.05, 4.69) is 30.1 Å². The van der Waals surface area contributed by atoms with Crippen molar-refractivity contribution in [3.05, 3.63) is 36.0 Å². The summed E-state index contributed by atoms with van der Waals surface area (Å²) in [6, 6.07) is 0. The van der Waals surface area contributed by atoms with E-state index in [-0.39, 0.29) is 0 Å². The molecule has 0 heterocycles. The van der Waals surface area contributed by atoms with E-state index < -0.39 is 0 Å². The van der Waals surface area contributed by atoms with Crippen LogP contribution in [0.3, 0.4) is 0 Å². The third-order valence-corrected chi connectivity index (χ3v) is 2.56. The standard InChI is InChI=1S/C13H14/c1-2-5-9-12(8-4-1)13-10-6-3-7-11-13/h1-2,4,8,10,12H,3,6-7,11H2. The maximum absolute atomic E-state index is 3.26. The molecule has 0 bridgehead atoms. The highest BCUT2D eigenvalue weighted by Crippen LogP contribution is 2.25. The van der Waals surface area contributed by atoms with Gasteiger partial charge in [-0.15, -0.1) is 0 Å². The molecule has 0 spiro atoms. The number of hydrogen-bond donors (Lipinski definition) is 0. The molecule has 2 aliphatic carbocycles. The van der Waals surface area contributed by atoms with Gasteiger partial charge in [0.25, 0.3) is 0 Å². The van der Waals surface area contributed by atoms with E-state index in [0.29, 0.717) is 5.92 Å². The van der Waals surface area contributed by atoms with Crippen molar-refractivity contribution in [1.82, 2.24) is 0 Å². The maximum atomic E-state index is 3.26. The molecule has 0 aromatic rings. The van der Waals surface area contributed by atoms with Crippen LogP contribution in [0.4, 0.5) is 0 Å². The van der Waals surface area contributed by atoms with Gasteiger partial charge in [-0.25, -0.2) is 0 Å². The summed E-state index contributed by atoms with van der Waals surface area (Å²) in [7, 11) is 0. The molecule has 0 saturated carbocycles. The maximum Gasteiger partial charge on any atom is 0.0599 e. The zero-order chi connectivity index (χ0) is 8.93. The number of hydrogen-bond acceptors (Lipinski definition) is 0. The SMILES string of the molecule is C1#CC(C2=CCCCC2)C=CC=C1. The molecular weight excluding hydrogens is 156 g/mol. The van der Waals surface area contributed by atoms with Crippen molar-refractivity contribution in [2.45, 2.75) is 25.7 Å². The highest BCUT2D eigenvalue weighted by molar-refractivity contribution is 5.34. The Morgan fingerprint density at radius 1 is 1.23 bits per heavy atom. The molecule has 0 N–H and O–H groups in total. The van der Waals surface area contributed by atoms with Crippen LogP contribution in [0.15, 0.2) is 36.0 Å². The van der Waals surface area contributed by atoms with Gasteiger partial charge in [-0.2, -0.15) is 0 Å². The lowest BCUT2D eigenvalue weighted by atomic mass is 9.89. The summed E-state index contributed by atoms with van der Waals surface area (Å²) in [5.74, 6) is 6.70. The van der Waals surface area contributed by atoms with Crippen molar-refractivity contribution in [3.8, 4) is 11.8 Å². The molecule has 0 amide bonds. The average molecular weight is 170 g/mol. The Balaban J connectivity index is 2.14. The molecule has 2 aliphatic rings. The van der Waals surface area contributed by atoms with Crippen molar-refractivity contribution in [3.63, 3.8) is 0 Å². The third kappa shape index (κ3) is 2.12.